The van der Waals surface area contributed by atoms with Crippen molar-refractivity contribution in [2.45, 2.75) is 6.92 Å². The Kier molecular flexibility index (Phi) is 5.56. The Bertz CT molecular complexity index is 1040. The largest absolute Gasteiger partial charge is 0.493 e. The van der Waals surface area contributed by atoms with E-state index in [4.69, 9.17) is 26.4 Å². The highest BCUT2D eigenvalue weighted by molar-refractivity contribution is 7.71. The molecule has 8 heteroatoms. The Morgan fingerprint density at radius 1 is 1.04 bits per heavy atom. The maximum atomic E-state index is 5.49. The summed E-state index contributed by atoms with van der Waals surface area (Å²) in [5.74, 6) is 2.23. The molecule has 0 radical (unpaired) electrons. The van der Waals surface area contributed by atoms with Crippen LogP contribution in [0.3, 0.4) is 0 Å². The molecule has 0 saturated heterocycles. The van der Waals surface area contributed by atoms with Gasteiger partial charge in [0.2, 0.25) is 10.5 Å². The average molecular weight is 384 g/mol. The number of aromatic amines is 1. The van der Waals surface area contributed by atoms with Crippen molar-refractivity contribution in [1.82, 2.24) is 14.9 Å². The summed E-state index contributed by atoms with van der Waals surface area (Å²) in [7, 11) is 4.70. The Balaban J connectivity index is 2.07. The fraction of sp³-hybridized carbons (Fsp3) is 0.211. The molecule has 0 saturated carbocycles. The minimum atomic E-state index is 0.393. The molecule has 0 amide bonds. The van der Waals surface area contributed by atoms with Crippen LogP contribution in [0.1, 0.15) is 11.1 Å². The SMILES string of the molecule is COc1ccc(C=Nn2c(-c3ccccc3C)n[nH]c2=S)c(OC)c1OC. The first-order valence-corrected chi connectivity index (χ1v) is 8.58. The van der Waals surface area contributed by atoms with Gasteiger partial charge in [-0.15, -0.1) is 0 Å². The van der Waals surface area contributed by atoms with Gasteiger partial charge in [-0.1, -0.05) is 24.3 Å². The van der Waals surface area contributed by atoms with Crippen molar-refractivity contribution in [2.24, 2.45) is 5.10 Å². The Morgan fingerprint density at radius 2 is 1.78 bits per heavy atom. The molecule has 3 rings (SSSR count). The number of nitrogens with zero attached hydrogens (tertiary/aromatic N) is 3. The van der Waals surface area contributed by atoms with Crippen molar-refractivity contribution >= 4 is 18.4 Å². The number of hydrogen-bond acceptors (Lipinski definition) is 6. The summed E-state index contributed by atoms with van der Waals surface area (Å²) in [6, 6.07) is 11.5. The molecule has 0 aliphatic carbocycles. The number of methoxy groups -OCH3 is 3. The standard InChI is InChI=1S/C19H20N4O3S/c1-12-7-5-6-8-14(12)18-21-22-19(27)23(18)20-11-13-9-10-15(24-2)17(26-4)16(13)25-3/h5-11H,1-4H3,(H,22,27). The fourth-order valence-corrected chi connectivity index (χ4v) is 2.92. The van der Waals surface area contributed by atoms with Crippen LogP contribution in [0, 0.1) is 11.7 Å². The third-order valence-electron chi connectivity index (χ3n) is 4.08. The van der Waals surface area contributed by atoms with Gasteiger partial charge in [0.25, 0.3) is 0 Å². The summed E-state index contributed by atoms with van der Waals surface area (Å²) >= 11 is 5.34. The van der Waals surface area contributed by atoms with Gasteiger partial charge < -0.3 is 14.2 Å². The van der Waals surface area contributed by atoms with Crippen molar-refractivity contribution in [3.8, 4) is 28.6 Å². The van der Waals surface area contributed by atoms with E-state index >= 15 is 0 Å². The van der Waals surface area contributed by atoms with E-state index in [-0.39, 0.29) is 0 Å². The van der Waals surface area contributed by atoms with E-state index in [1.165, 1.54) is 0 Å². The van der Waals surface area contributed by atoms with Gasteiger partial charge in [0.15, 0.2) is 17.3 Å². The van der Waals surface area contributed by atoms with E-state index < -0.39 is 0 Å². The number of nitrogens with one attached hydrogen (secondary N) is 1. The van der Waals surface area contributed by atoms with Crippen LogP contribution < -0.4 is 14.2 Å². The summed E-state index contributed by atoms with van der Waals surface area (Å²) < 4.78 is 18.2. The van der Waals surface area contributed by atoms with Crippen LogP contribution in [0.5, 0.6) is 17.2 Å². The first-order valence-electron chi connectivity index (χ1n) is 8.17. The van der Waals surface area contributed by atoms with Crippen LogP contribution in [0.4, 0.5) is 0 Å². The highest BCUT2D eigenvalue weighted by Gasteiger charge is 2.15. The van der Waals surface area contributed by atoms with Crippen LogP contribution in [0.25, 0.3) is 11.4 Å². The summed E-state index contributed by atoms with van der Waals surface area (Å²) in [5, 5.41) is 11.6. The molecule has 0 aliphatic heterocycles. The van der Waals surface area contributed by atoms with Gasteiger partial charge in [-0.05, 0) is 36.8 Å². The molecule has 27 heavy (non-hydrogen) atoms. The maximum absolute atomic E-state index is 5.49. The van der Waals surface area contributed by atoms with Crippen LogP contribution >= 0.6 is 12.2 Å². The molecule has 7 nitrogen and oxygen atoms in total. The minimum Gasteiger partial charge on any atom is -0.493 e. The van der Waals surface area contributed by atoms with Crippen LogP contribution in [0.15, 0.2) is 41.5 Å². The number of hydrogen-bond donors (Lipinski definition) is 1. The second-order valence-electron chi connectivity index (χ2n) is 5.65. The zero-order valence-corrected chi connectivity index (χ0v) is 16.3. The lowest BCUT2D eigenvalue weighted by atomic mass is 10.1. The Labute approximate surface area is 162 Å². The van der Waals surface area contributed by atoms with Crippen molar-refractivity contribution in [2.75, 3.05) is 21.3 Å². The fourth-order valence-electron chi connectivity index (χ4n) is 2.74. The van der Waals surface area contributed by atoms with E-state index in [1.807, 2.05) is 37.3 Å². The molecule has 0 aliphatic rings. The Hall–Kier alpha value is -3.13. The van der Waals surface area contributed by atoms with Crippen LogP contribution in [0.2, 0.25) is 0 Å². The second kappa shape index (κ2) is 8.05. The molecular weight excluding hydrogens is 364 g/mol. The van der Waals surface area contributed by atoms with Gasteiger partial charge in [-0.3, -0.25) is 0 Å². The van der Waals surface area contributed by atoms with E-state index in [2.05, 4.69) is 15.3 Å². The molecule has 1 N–H and O–H groups in total. The zero-order chi connectivity index (χ0) is 19.4. The number of H-pyrrole nitrogens is 1. The van der Waals surface area contributed by atoms with Crippen molar-refractivity contribution < 1.29 is 14.2 Å². The van der Waals surface area contributed by atoms with E-state index in [0.717, 1.165) is 11.1 Å². The van der Waals surface area contributed by atoms with E-state index in [1.54, 1.807) is 38.3 Å². The third-order valence-corrected chi connectivity index (χ3v) is 4.35. The predicted molar refractivity (Wildman–Crippen MR) is 107 cm³/mol. The Morgan fingerprint density at radius 3 is 2.44 bits per heavy atom. The topological polar surface area (TPSA) is 73.7 Å². The smallest absolute Gasteiger partial charge is 0.216 e. The molecule has 0 fully saturated rings. The number of ether oxygens (including phenoxy) is 3. The molecule has 1 heterocycles. The first kappa shape index (κ1) is 18.7. The number of aromatic nitrogens is 3. The molecule has 140 valence electrons. The van der Waals surface area contributed by atoms with Gasteiger partial charge in [0, 0.05) is 11.1 Å². The lowest BCUT2D eigenvalue weighted by Crippen LogP contribution is -2.00. The monoisotopic (exact) mass is 384 g/mol. The lowest BCUT2D eigenvalue weighted by Gasteiger charge is -2.13. The summed E-state index contributed by atoms with van der Waals surface area (Å²) in [5.41, 5.74) is 2.74. The third kappa shape index (κ3) is 3.56. The quantitative estimate of drug-likeness (QED) is 0.517. The number of rotatable bonds is 6. The van der Waals surface area contributed by atoms with E-state index in [9.17, 15) is 0 Å². The van der Waals surface area contributed by atoms with Crippen molar-refractivity contribution in [3.05, 3.63) is 52.3 Å². The summed E-state index contributed by atoms with van der Waals surface area (Å²) in [4.78, 5) is 0. The van der Waals surface area contributed by atoms with Gasteiger partial charge in [-0.25, -0.2) is 5.10 Å². The molecule has 2 aromatic carbocycles. The predicted octanol–water partition coefficient (Wildman–Crippen LogP) is 3.82. The lowest BCUT2D eigenvalue weighted by molar-refractivity contribution is 0.324. The highest BCUT2D eigenvalue weighted by atomic mass is 32.1. The van der Waals surface area contributed by atoms with Crippen LogP contribution in [-0.4, -0.2) is 42.4 Å². The van der Waals surface area contributed by atoms with Crippen molar-refractivity contribution in [3.63, 3.8) is 0 Å². The first-order chi connectivity index (χ1) is 13.1. The molecule has 3 aromatic rings. The zero-order valence-electron chi connectivity index (χ0n) is 15.5. The number of aryl methyl sites for hydroxylation is 1. The van der Waals surface area contributed by atoms with Gasteiger partial charge in [0.05, 0.1) is 27.5 Å². The summed E-state index contributed by atoms with van der Waals surface area (Å²) in [6.45, 7) is 2.01. The number of benzene rings is 2. The molecule has 0 bridgehead atoms. The van der Waals surface area contributed by atoms with Gasteiger partial charge >= 0.3 is 0 Å². The van der Waals surface area contributed by atoms with Crippen LogP contribution in [-0.2, 0) is 0 Å². The van der Waals surface area contributed by atoms with Crippen molar-refractivity contribution in [1.29, 1.82) is 0 Å². The van der Waals surface area contributed by atoms with Gasteiger partial charge in [0.1, 0.15) is 0 Å². The molecule has 0 spiro atoms. The minimum absolute atomic E-state index is 0.393. The molecule has 0 unspecified atom stereocenters. The normalized spacial score (nSPS) is 11.0. The summed E-state index contributed by atoms with van der Waals surface area (Å²) in [6.07, 6.45) is 1.65. The molecule has 0 atom stereocenters. The molecular formula is C19H20N4O3S. The highest BCUT2D eigenvalue weighted by Crippen LogP contribution is 2.39. The maximum Gasteiger partial charge on any atom is 0.216 e. The van der Waals surface area contributed by atoms with E-state index in [0.29, 0.717) is 33.4 Å². The molecule has 1 aromatic heterocycles. The average Bonchev–Trinajstić information content (AvgIpc) is 3.05. The second-order valence-corrected chi connectivity index (χ2v) is 6.03. The van der Waals surface area contributed by atoms with Gasteiger partial charge in [-0.2, -0.15) is 14.9 Å².